The van der Waals surface area contributed by atoms with E-state index in [1.807, 2.05) is 11.8 Å². The van der Waals surface area contributed by atoms with Crippen molar-refractivity contribution < 1.29 is 17.6 Å². The molecule has 0 aliphatic carbocycles. The molecule has 1 N–H and O–H groups in total. The maximum absolute atomic E-state index is 13.5. The summed E-state index contributed by atoms with van der Waals surface area (Å²) < 4.78 is 50.6. The summed E-state index contributed by atoms with van der Waals surface area (Å²) in [6.07, 6.45) is 1.77. The van der Waals surface area contributed by atoms with Crippen LogP contribution in [0.1, 0.15) is 31.2 Å². The standard InChI is InChI=1S/C14H19F4NS/c1-20-9-5-3-2-4-8-19-13-7-6-11(10-12(13)15)14(16,17)18/h6-7,10,19H,2-5,8-9H2,1H3. The van der Waals surface area contributed by atoms with Gasteiger partial charge in [0.1, 0.15) is 5.82 Å². The second-order valence-electron chi connectivity index (χ2n) is 4.53. The van der Waals surface area contributed by atoms with E-state index in [1.54, 1.807) is 0 Å². The summed E-state index contributed by atoms with van der Waals surface area (Å²) in [5, 5.41) is 2.83. The Morgan fingerprint density at radius 3 is 2.40 bits per heavy atom. The van der Waals surface area contributed by atoms with Gasteiger partial charge in [-0.3, -0.25) is 0 Å². The molecule has 0 saturated carbocycles. The zero-order valence-electron chi connectivity index (χ0n) is 11.4. The minimum absolute atomic E-state index is 0.127. The van der Waals surface area contributed by atoms with Crippen molar-refractivity contribution in [3.63, 3.8) is 0 Å². The molecular formula is C14H19F4NS. The molecular weight excluding hydrogens is 290 g/mol. The summed E-state index contributed by atoms with van der Waals surface area (Å²) >= 11 is 1.81. The van der Waals surface area contributed by atoms with Gasteiger partial charge in [0, 0.05) is 6.54 Å². The van der Waals surface area contributed by atoms with Crippen LogP contribution in [0.4, 0.5) is 23.2 Å². The van der Waals surface area contributed by atoms with E-state index >= 15 is 0 Å². The Kier molecular flexibility index (Phi) is 7.19. The van der Waals surface area contributed by atoms with Crippen molar-refractivity contribution >= 4 is 17.4 Å². The van der Waals surface area contributed by atoms with Gasteiger partial charge in [0.25, 0.3) is 0 Å². The molecule has 114 valence electrons. The minimum atomic E-state index is -4.50. The van der Waals surface area contributed by atoms with E-state index in [4.69, 9.17) is 0 Å². The van der Waals surface area contributed by atoms with Crippen LogP contribution in [-0.2, 0) is 6.18 Å². The molecule has 0 spiro atoms. The lowest BCUT2D eigenvalue weighted by Crippen LogP contribution is -2.08. The zero-order chi connectivity index (χ0) is 15.0. The van der Waals surface area contributed by atoms with Crippen LogP contribution in [0.2, 0.25) is 0 Å². The highest BCUT2D eigenvalue weighted by atomic mass is 32.2. The van der Waals surface area contributed by atoms with E-state index in [1.165, 1.54) is 0 Å². The van der Waals surface area contributed by atoms with E-state index in [0.29, 0.717) is 12.6 Å². The first-order chi connectivity index (χ1) is 9.45. The molecule has 20 heavy (non-hydrogen) atoms. The lowest BCUT2D eigenvalue weighted by atomic mass is 10.1. The molecule has 0 amide bonds. The molecule has 0 aliphatic rings. The zero-order valence-corrected chi connectivity index (χ0v) is 12.2. The fourth-order valence-corrected chi connectivity index (χ4v) is 2.28. The van der Waals surface area contributed by atoms with Crippen molar-refractivity contribution in [3.8, 4) is 0 Å². The van der Waals surface area contributed by atoms with Crippen LogP contribution in [0.3, 0.4) is 0 Å². The molecule has 0 bridgehead atoms. The van der Waals surface area contributed by atoms with Gasteiger partial charge >= 0.3 is 6.18 Å². The summed E-state index contributed by atoms with van der Waals surface area (Å²) in [5.74, 6) is 0.281. The van der Waals surface area contributed by atoms with Gasteiger partial charge < -0.3 is 5.32 Å². The van der Waals surface area contributed by atoms with Crippen molar-refractivity contribution in [3.05, 3.63) is 29.6 Å². The van der Waals surface area contributed by atoms with Crippen LogP contribution < -0.4 is 5.32 Å². The second kappa shape index (κ2) is 8.39. The number of anilines is 1. The van der Waals surface area contributed by atoms with Gasteiger partial charge in [-0.2, -0.15) is 24.9 Å². The number of hydrogen-bond donors (Lipinski definition) is 1. The molecule has 0 unspecified atom stereocenters. The molecule has 0 saturated heterocycles. The highest BCUT2D eigenvalue weighted by Crippen LogP contribution is 2.31. The molecule has 0 radical (unpaired) electrons. The minimum Gasteiger partial charge on any atom is -0.383 e. The van der Waals surface area contributed by atoms with Crippen molar-refractivity contribution in [2.75, 3.05) is 23.9 Å². The number of nitrogens with one attached hydrogen (secondary N) is 1. The molecule has 1 rings (SSSR count). The largest absolute Gasteiger partial charge is 0.416 e. The quantitative estimate of drug-likeness (QED) is 0.524. The third-order valence-corrected chi connectivity index (χ3v) is 3.58. The van der Waals surface area contributed by atoms with Gasteiger partial charge in [-0.15, -0.1) is 0 Å². The molecule has 0 atom stereocenters. The Labute approximate surface area is 121 Å². The van der Waals surface area contributed by atoms with E-state index in [0.717, 1.165) is 43.6 Å². The van der Waals surface area contributed by atoms with Crippen molar-refractivity contribution in [2.24, 2.45) is 0 Å². The van der Waals surface area contributed by atoms with Crippen LogP contribution in [0.5, 0.6) is 0 Å². The third-order valence-electron chi connectivity index (χ3n) is 2.89. The number of unbranched alkanes of at least 4 members (excludes halogenated alkanes) is 3. The topological polar surface area (TPSA) is 12.0 Å². The number of halogens is 4. The molecule has 0 fully saturated rings. The maximum Gasteiger partial charge on any atom is 0.416 e. The number of benzene rings is 1. The average molecular weight is 309 g/mol. The van der Waals surface area contributed by atoms with Gasteiger partial charge in [0.2, 0.25) is 0 Å². The molecule has 1 nitrogen and oxygen atoms in total. The van der Waals surface area contributed by atoms with Crippen molar-refractivity contribution in [2.45, 2.75) is 31.9 Å². The molecule has 0 aliphatic heterocycles. The molecule has 1 aromatic rings. The van der Waals surface area contributed by atoms with Crippen LogP contribution >= 0.6 is 11.8 Å². The number of alkyl halides is 3. The van der Waals surface area contributed by atoms with E-state index in [-0.39, 0.29) is 5.69 Å². The smallest absolute Gasteiger partial charge is 0.383 e. The first-order valence-corrected chi connectivity index (χ1v) is 7.94. The number of thioether (sulfide) groups is 1. The van der Waals surface area contributed by atoms with Gasteiger partial charge in [0.05, 0.1) is 11.3 Å². The average Bonchev–Trinajstić information content (AvgIpc) is 2.38. The van der Waals surface area contributed by atoms with Crippen LogP contribution in [0, 0.1) is 5.82 Å². The first-order valence-electron chi connectivity index (χ1n) is 6.54. The van der Waals surface area contributed by atoms with Crippen molar-refractivity contribution in [1.29, 1.82) is 0 Å². The molecule has 0 heterocycles. The highest BCUT2D eigenvalue weighted by molar-refractivity contribution is 7.98. The number of hydrogen-bond acceptors (Lipinski definition) is 2. The third kappa shape index (κ3) is 6.03. The number of rotatable bonds is 8. The van der Waals surface area contributed by atoms with Gasteiger partial charge in [-0.1, -0.05) is 12.8 Å². The summed E-state index contributed by atoms with van der Waals surface area (Å²) in [7, 11) is 0. The lowest BCUT2D eigenvalue weighted by Gasteiger charge is -2.11. The van der Waals surface area contributed by atoms with Gasteiger partial charge in [-0.05, 0) is 43.0 Å². The monoisotopic (exact) mass is 309 g/mol. The second-order valence-corrected chi connectivity index (χ2v) is 5.51. The fraction of sp³-hybridized carbons (Fsp3) is 0.571. The summed E-state index contributed by atoms with van der Waals surface area (Å²) in [6, 6.07) is 2.57. The Morgan fingerprint density at radius 1 is 1.10 bits per heavy atom. The summed E-state index contributed by atoms with van der Waals surface area (Å²) in [5.41, 5.74) is -0.834. The van der Waals surface area contributed by atoms with E-state index < -0.39 is 17.6 Å². The molecule has 1 aromatic carbocycles. The van der Waals surface area contributed by atoms with Gasteiger partial charge in [0.15, 0.2) is 0 Å². The maximum atomic E-state index is 13.5. The molecule has 0 aromatic heterocycles. The van der Waals surface area contributed by atoms with Crippen LogP contribution in [-0.4, -0.2) is 18.6 Å². The fourth-order valence-electron chi connectivity index (χ4n) is 1.78. The Morgan fingerprint density at radius 2 is 1.80 bits per heavy atom. The van der Waals surface area contributed by atoms with Crippen LogP contribution in [0.25, 0.3) is 0 Å². The van der Waals surface area contributed by atoms with Crippen molar-refractivity contribution in [1.82, 2.24) is 0 Å². The normalized spacial score (nSPS) is 11.7. The summed E-state index contributed by atoms with van der Waals surface area (Å²) in [4.78, 5) is 0. The van der Waals surface area contributed by atoms with E-state index in [2.05, 4.69) is 11.6 Å². The summed E-state index contributed by atoms with van der Waals surface area (Å²) in [6.45, 7) is 0.571. The highest BCUT2D eigenvalue weighted by Gasteiger charge is 2.31. The first kappa shape index (κ1) is 17.1. The predicted octanol–water partition coefficient (Wildman–Crippen LogP) is 5.18. The Balaban J connectivity index is 2.34. The SMILES string of the molecule is CSCCCCCCNc1ccc(C(F)(F)F)cc1F. The predicted molar refractivity (Wildman–Crippen MR) is 76.7 cm³/mol. The van der Waals surface area contributed by atoms with Gasteiger partial charge in [-0.25, -0.2) is 4.39 Å². The Bertz CT molecular complexity index is 407. The molecule has 6 heteroatoms. The Hall–Kier alpha value is -0.910. The van der Waals surface area contributed by atoms with Crippen LogP contribution in [0.15, 0.2) is 18.2 Å². The lowest BCUT2D eigenvalue weighted by molar-refractivity contribution is -0.137. The van der Waals surface area contributed by atoms with E-state index in [9.17, 15) is 17.6 Å².